The molecular formula is C18H20Cl2N2O3S. The Labute approximate surface area is 164 Å². The SMILES string of the molecule is CCN(CC)S(=O)(=O)c1ccc(Cl)c(C(=O)NCc2ccc(Cl)cc2)c1. The van der Waals surface area contributed by atoms with Crippen LogP contribution in [-0.4, -0.2) is 31.7 Å². The molecule has 1 amide bonds. The Bertz CT molecular complexity index is 880. The molecule has 0 spiro atoms. The Hall–Kier alpha value is -1.60. The van der Waals surface area contributed by atoms with Crippen molar-refractivity contribution >= 4 is 39.1 Å². The van der Waals surface area contributed by atoms with E-state index in [1.807, 2.05) is 0 Å². The maximum absolute atomic E-state index is 12.6. The highest BCUT2D eigenvalue weighted by molar-refractivity contribution is 7.89. The molecule has 2 rings (SSSR count). The Morgan fingerprint density at radius 2 is 1.65 bits per heavy atom. The van der Waals surface area contributed by atoms with Crippen LogP contribution in [0.5, 0.6) is 0 Å². The molecule has 0 saturated heterocycles. The number of carbonyl (C=O) groups is 1. The number of rotatable bonds is 7. The van der Waals surface area contributed by atoms with Gasteiger partial charge < -0.3 is 5.32 Å². The predicted octanol–water partition coefficient (Wildman–Crippen LogP) is 3.95. The van der Waals surface area contributed by atoms with E-state index in [0.717, 1.165) is 5.56 Å². The Morgan fingerprint density at radius 3 is 2.23 bits per heavy atom. The zero-order valence-corrected chi connectivity index (χ0v) is 16.8. The molecule has 5 nitrogen and oxygen atoms in total. The molecule has 0 unspecified atom stereocenters. The first-order valence-electron chi connectivity index (χ1n) is 8.12. The number of sulfonamides is 1. The summed E-state index contributed by atoms with van der Waals surface area (Å²) in [6, 6.07) is 11.2. The molecule has 0 aromatic heterocycles. The van der Waals surface area contributed by atoms with Crippen LogP contribution in [0.3, 0.4) is 0 Å². The van der Waals surface area contributed by atoms with Gasteiger partial charge in [0.15, 0.2) is 0 Å². The number of hydrogen-bond acceptors (Lipinski definition) is 3. The van der Waals surface area contributed by atoms with E-state index < -0.39 is 15.9 Å². The van der Waals surface area contributed by atoms with Gasteiger partial charge in [-0.15, -0.1) is 0 Å². The van der Waals surface area contributed by atoms with Crippen LogP contribution in [-0.2, 0) is 16.6 Å². The molecule has 0 heterocycles. The Kier molecular flexibility index (Phi) is 7.06. The summed E-state index contributed by atoms with van der Waals surface area (Å²) < 4.78 is 26.6. The van der Waals surface area contributed by atoms with Crippen molar-refractivity contribution in [3.8, 4) is 0 Å². The van der Waals surface area contributed by atoms with Crippen molar-refractivity contribution < 1.29 is 13.2 Å². The van der Waals surface area contributed by atoms with Gasteiger partial charge in [-0.2, -0.15) is 4.31 Å². The molecule has 0 aliphatic heterocycles. The molecule has 0 radical (unpaired) electrons. The Morgan fingerprint density at radius 1 is 1.04 bits per heavy atom. The summed E-state index contributed by atoms with van der Waals surface area (Å²) in [4.78, 5) is 12.5. The zero-order valence-electron chi connectivity index (χ0n) is 14.5. The van der Waals surface area contributed by atoms with Gasteiger partial charge in [-0.1, -0.05) is 49.2 Å². The average Bonchev–Trinajstić information content (AvgIpc) is 2.62. The molecule has 1 N–H and O–H groups in total. The summed E-state index contributed by atoms with van der Waals surface area (Å²) in [6.45, 7) is 4.49. The lowest BCUT2D eigenvalue weighted by Crippen LogP contribution is -2.31. The first-order chi connectivity index (χ1) is 12.3. The molecule has 0 fully saturated rings. The Balaban J connectivity index is 2.23. The summed E-state index contributed by atoms with van der Waals surface area (Å²) in [6.07, 6.45) is 0. The van der Waals surface area contributed by atoms with E-state index in [2.05, 4.69) is 5.32 Å². The lowest BCUT2D eigenvalue weighted by molar-refractivity contribution is 0.0951. The van der Waals surface area contributed by atoms with Crippen molar-refractivity contribution in [2.45, 2.75) is 25.3 Å². The number of nitrogens with one attached hydrogen (secondary N) is 1. The zero-order chi connectivity index (χ0) is 19.3. The van der Waals surface area contributed by atoms with E-state index >= 15 is 0 Å². The van der Waals surface area contributed by atoms with Crippen molar-refractivity contribution in [2.75, 3.05) is 13.1 Å². The van der Waals surface area contributed by atoms with Gasteiger partial charge in [-0.25, -0.2) is 8.42 Å². The van der Waals surface area contributed by atoms with E-state index in [0.29, 0.717) is 18.1 Å². The van der Waals surface area contributed by atoms with Crippen LogP contribution < -0.4 is 5.32 Å². The highest BCUT2D eigenvalue weighted by atomic mass is 35.5. The second-order valence-corrected chi connectivity index (χ2v) is 8.32. The highest BCUT2D eigenvalue weighted by Crippen LogP contribution is 2.23. The summed E-state index contributed by atoms with van der Waals surface area (Å²) in [5.41, 5.74) is 0.986. The minimum atomic E-state index is -3.67. The van der Waals surface area contributed by atoms with E-state index in [1.165, 1.54) is 22.5 Å². The van der Waals surface area contributed by atoms with Gasteiger partial charge in [0.05, 0.1) is 15.5 Å². The number of benzene rings is 2. The molecule has 2 aromatic rings. The summed E-state index contributed by atoms with van der Waals surface area (Å²) >= 11 is 11.9. The van der Waals surface area contributed by atoms with Gasteiger partial charge in [-0.3, -0.25) is 4.79 Å². The predicted molar refractivity (Wildman–Crippen MR) is 104 cm³/mol. The van der Waals surface area contributed by atoms with Gasteiger partial charge in [-0.05, 0) is 35.9 Å². The second-order valence-electron chi connectivity index (χ2n) is 5.54. The molecule has 0 aliphatic rings. The van der Waals surface area contributed by atoms with Crippen molar-refractivity contribution in [2.24, 2.45) is 0 Å². The molecule has 26 heavy (non-hydrogen) atoms. The first-order valence-corrected chi connectivity index (χ1v) is 10.3. The van der Waals surface area contributed by atoms with Crippen LogP contribution in [0.25, 0.3) is 0 Å². The molecule has 0 saturated carbocycles. The third kappa shape index (κ3) is 4.76. The minimum absolute atomic E-state index is 0.0437. The van der Waals surface area contributed by atoms with Gasteiger partial charge in [0.25, 0.3) is 5.91 Å². The smallest absolute Gasteiger partial charge is 0.253 e. The van der Waals surface area contributed by atoms with Crippen LogP contribution in [0, 0.1) is 0 Å². The highest BCUT2D eigenvalue weighted by Gasteiger charge is 2.23. The third-order valence-corrected chi connectivity index (χ3v) is 6.52. The fourth-order valence-corrected chi connectivity index (χ4v) is 4.25. The van der Waals surface area contributed by atoms with Gasteiger partial charge in [0.1, 0.15) is 0 Å². The number of nitrogens with zero attached hydrogens (tertiary/aromatic N) is 1. The van der Waals surface area contributed by atoms with Crippen LogP contribution in [0.4, 0.5) is 0 Å². The second kappa shape index (κ2) is 8.86. The molecule has 8 heteroatoms. The average molecular weight is 415 g/mol. The first kappa shape index (κ1) is 20.7. The molecule has 0 atom stereocenters. The van der Waals surface area contributed by atoms with E-state index in [-0.39, 0.29) is 22.0 Å². The monoisotopic (exact) mass is 414 g/mol. The van der Waals surface area contributed by atoms with Crippen molar-refractivity contribution in [1.82, 2.24) is 9.62 Å². The number of hydrogen-bond donors (Lipinski definition) is 1. The topological polar surface area (TPSA) is 66.5 Å². The quantitative estimate of drug-likeness (QED) is 0.745. The number of amides is 1. The lowest BCUT2D eigenvalue weighted by Gasteiger charge is -2.19. The van der Waals surface area contributed by atoms with Crippen LogP contribution in [0.15, 0.2) is 47.4 Å². The van der Waals surface area contributed by atoms with Crippen molar-refractivity contribution in [3.05, 3.63) is 63.6 Å². The fraction of sp³-hybridized carbons (Fsp3) is 0.278. The van der Waals surface area contributed by atoms with Crippen LogP contribution >= 0.6 is 23.2 Å². The fourth-order valence-electron chi connectivity index (χ4n) is 2.43. The van der Waals surface area contributed by atoms with E-state index in [1.54, 1.807) is 38.1 Å². The van der Waals surface area contributed by atoms with Crippen LogP contribution in [0.2, 0.25) is 10.0 Å². The van der Waals surface area contributed by atoms with Gasteiger partial charge in [0.2, 0.25) is 10.0 Å². The molecule has 2 aromatic carbocycles. The maximum atomic E-state index is 12.6. The summed E-state index contributed by atoms with van der Waals surface area (Å²) in [5, 5.41) is 3.54. The van der Waals surface area contributed by atoms with Crippen LogP contribution in [0.1, 0.15) is 29.8 Å². The van der Waals surface area contributed by atoms with Gasteiger partial charge >= 0.3 is 0 Å². The van der Waals surface area contributed by atoms with E-state index in [4.69, 9.17) is 23.2 Å². The maximum Gasteiger partial charge on any atom is 0.253 e. The molecule has 0 aliphatic carbocycles. The summed E-state index contributed by atoms with van der Waals surface area (Å²) in [5.74, 6) is -0.443. The summed E-state index contributed by atoms with van der Waals surface area (Å²) in [7, 11) is -3.67. The van der Waals surface area contributed by atoms with Gasteiger partial charge in [0, 0.05) is 24.7 Å². The third-order valence-electron chi connectivity index (χ3n) is 3.89. The van der Waals surface area contributed by atoms with Crippen molar-refractivity contribution in [1.29, 1.82) is 0 Å². The number of carbonyl (C=O) groups excluding carboxylic acids is 1. The largest absolute Gasteiger partial charge is 0.348 e. The number of halogens is 2. The molecule has 140 valence electrons. The molecular weight excluding hydrogens is 395 g/mol. The normalized spacial score (nSPS) is 11.6. The lowest BCUT2D eigenvalue weighted by atomic mass is 10.2. The molecule has 0 bridgehead atoms. The minimum Gasteiger partial charge on any atom is -0.348 e. The standard InChI is InChI=1S/C18H20Cl2N2O3S/c1-3-22(4-2)26(24,25)15-9-10-17(20)16(11-15)18(23)21-12-13-5-7-14(19)8-6-13/h5-11H,3-4,12H2,1-2H3,(H,21,23). The van der Waals surface area contributed by atoms with Crippen molar-refractivity contribution in [3.63, 3.8) is 0 Å². The van der Waals surface area contributed by atoms with E-state index in [9.17, 15) is 13.2 Å².